The monoisotopic (exact) mass is 283 g/mol. The SMILES string of the molecule is CN(C)C1(CNc2nc(CCC(=O)O)cs2)CCC1. The molecule has 2 rings (SSSR count). The Balaban J connectivity index is 1.84. The van der Waals surface area contributed by atoms with Crippen molar-refractivity contribution in [2.75, 3.05) is 26.0 Å². The third-order valence-electron chi connectivity index (χ3n) is 3.95. The van der Waals surface area contributed by atoms with Crippen molar-refractivity contribution < 1.29 is 9.90 Å². The van der Waals surface area contributed by atoms with Gasteiger partial charge in [0.1, 0.15) is 0 Å². The molecule has 0 aromatic carbocycles. The first-order valence-electron chi connectivity index (χ1n) is 6.59. The van der Waals surface area contributed by atoms with Gasteiger partial charge in [0.25, 0.3) is 0 Å². The Labute approximate surface area is 117 Å². The maximum atomic E-state index is 10.5. The Kier molecular flexibility index (Phi) is 4.42. The zero-order chi connectivity index (χ0) is 13.9. The van der Waals surface area contributed by atoms with E-state index in [-0.39, 0.29) is 12.0 Å². The van der Waals surface area contributed by atoms with Gasteiger partial charge in [-0.3, -0.25) is 4.79 Å². The van der Waals surface area contributed by atoms with Gasteiger partial charge in [0.2, 0.25) is 0 Å². The fourth-order valence-corrected chi connectivity index (χ4v) is 3.09. The number of hydrogen-bond acceptors (Lipinski definition) is 5. The van der Waals surface area contributed by atoms with E-state index < -0.39 is 5.97 Å². The predicted octanol–water partition coefficient (Wildman–Crippen LogP) is 2.06. The quantitative estimate of drug-likeness (QED) is 0.802. The predicted molar refractivity (Wildman–Crippen MR) is 76.8 cm³/mol. The van der Waals surface area contributed by atoms with Crippen LogP contribution in [-0.4, -0.2) is 47.1 Å². The van der Waals surface area contributed by atoms with Crippen molar-refractivity contribution in [3.8, 4) is 0 Å². The number of thiazole rings is 1. The highest BCUT2D eigenvalue weighted by atomic mass is 32.1. The summed E-state index contributed by atoms with van der Waals surface area (Å²) in [6, 6.07) is 0. The van der Waals surface area contributed by atoms with Crippen LogP contribution < -0.4 is 5.32 Å². The van der Waals surface area contributed by atoms with E-state index in [1.165, 1.54) is 19.3 Å². The summed E-state index contributed by atoms with van der Waals surface area (Å²) in [5.74, 6) is -0.775. The van der Waals surface area contributed by atoms with E-state index in [1.54, 1.807) is 11.3 Å². The lowest BCUT2D eigenvalue weighted by Gasteiger charge is -2.47. The lowest BCUT2D eigenvalue weighted by atomic mass is 9.75. The summed E-state index contributed by atoms with van der Waals surface area (Å²) >= 11 is 1.55. The molecule has 1 saturated carbocycles. The van der Waals surface area contributed by atoms with Gasteiger partial charge in [-0.25, -0.2) is 4.98 Å². The number of carboxylic acids is 1. The van der Waals surface area contributed by atoms with Crippen LogP contribution in [0.1, 0.15) is 31.4 Å². The lowest BCUT2D eigenvalue weighted by molar-refractivity contribution is -0.136. The van der Waals surface area contributed by atoms with Gasteiger partial charge >= 0.3 is 5.97 Å². The molecular formula is C13H21N3O2S. The Morgan fingerprint density at radius 1 is 1.58 bits per heavy atom. The van der Waals surface area contributed by atoms with E-state index in [0.717, 1.165) is 17.4 Å². The molecule has 1 heterocycles. The summed E-state index contributed by atoms with van der Waals surface area (Å²) in [5, 5.41) is 14.9. The summed E-state index contributed by atoms with van der Waals surface area (Å²) < 4.78 is 0. The van der Waals surface area contributed by atoms with Crippen LogP contribution in [0.5, 0.6) is 0 Å². The molecule has 0 saturated heterocycles. The van der Waals surface area contributed by atoms with Crippen molar-refractivity contribution in [3.05, 3.63) is 11.1 Å². The van der Waals surface area contributed by atoms with Crippen LogP contribution >= 0.6 is 11.3 Å². The minimum absolute atomic E-state index is 0.144. The normalized spacial score (nSPS) is 17.2. The highest BCUT2D eigenvalue weighted by Gasteiger charge is 2.38. The molecule has 1 aliphatic rings. The smallest absolute Gasteiger partial charge is 0.303 e. The first-order valence-corrected chi connectivity index (χ1v) is 7.47. The average Bonchev–Trinajstić information content (AvgIpc) is 2.72. The number of anilines is 1. The molecule has 19 heavy (non-hydrogen) atoms. The van der Waals surface area contributed by atoms with E-state index in [1.807, 2.05) is 5.38 Å². The largest absolute Gasteiger partial charge is 0.481 e. The first-order chi connectivity index (χ1) is 9.02. The first kappa shape index (κ1) is 14.3. The lowest BCUT2D eigenvalue weighted by Crippen LogP contribution is -2.54. The van der Waals surface area contributed by atoms with Crippen molar-refractivity contribution >= 4 is 22.4 Å². The van der Waals surface area contributed by atoms with Crippen molar-refractivity contribution in [2.24, 2.45) is 0 Å². The Morgan fingerprint density at radius 2 is 2.32 bits per heavy atom. The average molecular weight is 283 g/mol. The maximum absolute atomic E-state index is 10.5. The second-order valence-electron chi connectivity index (χ2n) is 5.36. The molecular weight excluding hydrogens is 262 g/mol. The number of likely N-dealkylation sites (N-methyl/N-ethyl adjacent to an activating group) is 1. The molecule has 0 atom stereocenters. The second-order valence-corrected chi connectivity index (χ2v) is 6.22. The van der Waals surface area contributed by atoms with Gasteiger partial charge in [-0.05, 0) is 33.4 Å². The summed E-state index contributed by atoms with van der Waals surface area (Å²) in [6.45, 7) is 0.909. The van der Waals surface area contributed by atoms with Gasteiger partial charge < -0.3 is 15.3 Å². The molecule has 0 unspecified atom stereocenters. The van der Waals surface area contributed by atoms with Crippen molar-refractivity contribution in [2.45, 2.75) is 37.6 Å². The molecule has 6 heteroatoms. The van der Waals surface area contributed by atoms with Crippen LogP contribution in [0.4, 0.5) is 5.13 Å². The zero-order valence-electron chi connectivity index (χ0n) is 11.5. The molecule has 2 N–H and O–H groups in total. The summed E-state index contributed by atoms with van der Waals surface area (Å²) in [5.41, 5.74) is 1.13. The maximum Gasteiger partial charge on any atom is 0.303 e. The van der Waals surface area contributed by atoms with Gasteiger partial charge in [-0.1, -0.05) is 0 Å². The molecule has 1 aromatic heterocycles. The fourth-order valence-electron chi connectivity index (χ4n) is 2.35. The van der Waals surface area contributed by atoms with Crippen LogP contribution in [0.2, 0.25) is 0 Å². The number of hydrogen-bond donors (Lipinski definition) is 2. The second kappa shape index (κ2) is 5.88. The number of carbonyl (C=O) groups is 1. The van der Waals surface area contributed by atoms with Crippen LogP contribution in [0.15, 0.2) is 5.38 Å². The number of aromatic nitrogens is 1. The Morgan fingerprint density at radius 3 is 2.84 bits per heavy atom. The topological polar surface area (TPSA) is 65.5 Å². The molecule has 1 fully saturated rings. The third kappa shape index (κ3) is 3.45. The van der Waals surface area contributed by atoms with Gasteiger partial charge in [-0.15, -0.1) is 11.3 Å². The van der Waals surface area contributed by atoms with Gasteiger partial charge in [-0.2, -0.15) is 0 Å². The molecule has 1 aromatic rings. The number of carboxylic acid groups (broad SMARTS) is 1. The van der Waals surface area contributed by atoms with E-state index in [0.29, 0.717) is 6.42 Å². The van der Waals surface area contributed by atoms with Crippen molar-refractivity contribution in [1.29, 1.82) is 0 Å². The molecule has 0 radical (unpaired) electrons. The van der Waals surface area contributed by atoms with Crippen LogP contribution in [0, 0.1) is 0 Å². The van der Waals surface area contributed by atoms with Crippen molar-refractivity contribution in [1.82, 2.24) is 9.88 Å². The molecule has 5 nitrogen and oxygen atoms in total. The van der Waals surface area contributed by atoms with E-state index >= 15 is 0 Å². The Hall–Kier alpha value is -1.14. The number of nitrogens with zero attached hydrogens (tertiary/aromatic N) is 2. The highest BCUT2D eigenvalue weighted by Crippen LogP contribution is 2.36. The van der Waals surface area contributed by atoms with Gasteiger partial charge in [0.05, 0.1) is 12.1 Å². The van der Waals surface area contributed by atoms with E-state index in [9.17, 15) is 4.79 Å². The minimum Gasteiger partial charge on any atom is -0.481 e. The summed E-state index contributed by atoms with van der Waals surface area (Å²) in [6.07, 6.45) is 4.40. The molecule has 0 spiro atoms. The van der Waals surface area contributed by atoms with E-state index in [4.69, 9.17) is 5.11 Å². The molecule has 1 aliphatic carbocycles. The third-order valence-corrected chi connectivity index (χ3v) is 4.80. The van der Waals surface area contributed by atoms with Gasteiger partial charge in [0.15, 0.2) is 5.13 Å². The molecule has 0 bridgehead atoms. The molecule has 0 amide bonds. The number of aryl methyl sites for hydroxylation is 1. The van der Waals surface area contributed by atoms with Crippen molar-refractivity contribution in [3.63, 3.8) is 0 Å². The summed E-state index contributed by atoms with van der Waals surface area (Å²) in [7, 11) is 4.25. The number of nitrogens with one attached hydrogen (secondary N) is 1. The van der Waals surface area contributed by atoms with Crippen LogP contribution in [0.25, 0.3) is 0 Å². The Bertz CT molecular complexity index is 441. The number of aliphatic carboxylic acids is 1. The van der Waals surface area contributed by atoms with Crippen LogP contribution in [-0.2, 0) is 11.2 Å². The molecule has 106 valence electrons. The standard InChI is InChI=1S/C13H21N3O2S/c1-16(2)13(6-3-7-13)9-14-12-15-10(8-19-12)4-5-11(17)18/h8H,3-7,9H2,1-2H3,(H,14,15)(H,17,18). The highest BCUT2D eigenvalue weighted by molar-refractivity contribution is 7.13. The van der Waals surface area contributed by atoms with Gasteiger partial charge in [0, 0.05) is 23.9 Å². The molecule has 0 aliphatic heterocycles. The number of rotatable bonds is 7. The zero-order valence-corrected chi connectivity index (χ0v) is 12.3. The van der Waals surface area contributed by atoms with E-state index in [2.05, 4.69) is 29.3 Å². The summed E-state index contributed by atoms with van der Waals surface area (Å²) in [4.78, 5) is 17.2. The van der Waals surface area contributed by atoms with Crippen LogP contribution in [0.3, 0.4) is 0 Å². The fraction of sp³-hybridized carbons (Fsp3) is 0.692. The minimum atomic E-state index is -0.775.